The molecule has 3 nitrogen and oxygen atoms in total. The van der Waals surface area contributed by atoms with Crippen molar-refractivity contribution < 1.29 is 19.0 Å². The van der Waals surface area contributed by atoms with E-state index in [2.05, 4.69) is 32.1 Å². The molecule has 0 bridgehead atoms. The zero-order valence-corrected chi connectivity index (χ0v) is 17.1. The number of carbonyl (C=O) groups is 1. The van der Waals surface area contributed by atoms with Crippen LogP contribution in [0.5, 0.6) is 0 Å². The molecule has 1 heterocycles. The van der Waals surface area contributed by atoms with Gasteiger partial charge in [0.2, 0.25) is 0 Å². The van der Waals surface area contributed by atoms with Crippen molar-refractivity contribution in [2.75, 3.05) is 0 Å². The largest absolute Gasteiger partial charge is 0.458 e. The van der Waals surface area contributed by atoms with E-state index in [4.69, 9.17) is 4.74 Å². The Morgan fingerprint density at radius 1 is 1.07 bits per heavy atom. The summed E-state index contributed by atoms with van der Waals surface area (Å²) in [5.41, 5.74) is 4.99. The van der Waals surface area contributed by atoms with E-state index in [9.17, 15) is 14.3 Å². The van der Waals surface area contributed by atoms with Crippen LogP contribution in [-0.2, 0) is 9.53 Å². The molecule has 0 saturated carbocycles. The highest BCUT2D eigenvalue weighted by Crippen LogP contribution is 2.51. The van der Waals surface area contributed by atoms with E-state index in [1.165, 1.54) is 17.7 Å². The minimum absolute atomic E-state index is 0.0407. The molecule has 30 heavy (non-hydrogen) atoms. The van der Waals surface area contributed by atoms with Crippen molar-refractivity contribution in [1.29, 1.82) is 0 Å². The minimum atomic E-state index is -0.680. The Morgan fingerprint density at radius 2 is 1.77 bits per heavy atom. The van der Waals surface area contributed by atoms with Gasteiger partial charge in [0.15, 0.2) is 0 Å². The lowest BCUT2D eigenvalue weighted by Gasteiger charge is -2.28. The standard InChI is InChI=1S/C26H25FO3/c1-26(2)23(13-12-21-14-20(28)15-25(29)30-21)22(17-8-10-19(27)11-9-17)16-24(26)18-6-4-3-5-7-18/h3-13,16,20-21,28H,14-15H2,1-2H3/t20-,21-/m0/s1. The fourth-order valence-electron chi connectivity index (χ4n) is 4.24. The number of aliphatic hydroxyl groups excluding tert-OH is 1. The second-order valence-corrected chi connectivity index (χ2v) is 8.36. The molecule has 1 saturated heterocycles. The summed E-state index contributed by atoms with van der Waals surface area (Å²) in [6.07, 6.45) is 5.29. The molecule has 1 fully saturated rings. The van der Waals surface area contributed by atoms with Crippen molar-refractivity contribution in [1.82, 2.24) is 0 Å². The molecule has 0 unspecified atom stereocenters. The van der Waals surface area contributed by atoms with Crippen molar-refractivity contribution in [3.8, 4) is 0 Å². The molecule has 0 spiro atoms. The maximum absolute atomic E-state index is 13.5. The van der Waals surface area contributed by atoms with E-state index in [0.29, 0.717) is 6.42 Å². The third-order valence-electron chi connectivity index (χ3n) is 5.83. The van der Waals surface area contributed by atoms with E-state index < -0.39 is 12.2 Å². The Labute approximate surface area is 176 Å². The summed E-state index contributed by atoms with van der Waals surface area (Å²) in [6, 6.07) is 16.7. The molecule has 1 N–H and O–H groups in total. The van der Waals surface area contributed by atoms with Gasteiger partial charge in [-0.25, -0.2) is 4.39 Å². The summed E-state index contributed by atoms with van der Waals surface area (Å²) in [5, 5.41) is 9.90. The van der Waals surface area contributed by atoms with Gasteiger partial charge in [0.25, 0.3) is 0 Å². The quantitative estimate of drug-likeness (QED) is 0.701. The molecular formula is C26H25FO3. The zero-order valence-electron chi connectivity index (χ0n) is 17.1. The van der Waals surface area contributed by atoms with Gasteiger partial charge in [-0.05, 0) is 52.1 Å². The summed E-state index contributed by atoms with van der Waals surface area (Å²) in [4.78, 5) is 11.7. The van der Waals surface area contributed by atoms with Crippen molar-refractivity contribution in [2.24, 2.45) is 5.41 Å². The van der Waals surface area contributed by atoms with Gasteiger partial charge in [0, 0.05) is 11.8 Å². The van der Waals surface area contributed by atoms with E-state index in [-0.39, 0.29) is 23.6 Å². The van der Waals surface area contributed by atoms with Gasteiger partial charge in [-0.2, -0.15) is 0 Å². The Balaban J connectivity index is 1.76. The highest BCUT2D eigenvalue weighted by atomic mass is 19.1. The number of aliphatic hydroxyl groups is 1. The van der Waals surface area contributed by atoms with Gasteiger partial charge >= 0.3 is 5.97 Å². The van der Waals surface area contributed by atoms with Crippen LogP contribution in [0.4, 0.5) is 4.39 Å². The van der Waals surface area contributed by atoms with Crippen LogP contribution in [-0.4, -0.2) is 23.3 Å². The molecule has 2 atom stereocenters. The van der Waals surface area contributed by atoms with E-state index in [1.54, 1.807) is 12.1 Å². The molecule has 0 aromatic heterocycles. The van der Waals surface area contributed by atoms with Crippen LogP contribution < -0.4 is 0 Å². The molecule has 4 rings (SSSR count). The van der Waals surface area contributed by atoms with Crippen LogP contribution in [0.1, 0.15) is 37.8 Å². The zero-order chi connectivity index (χ0) is 21.3. The molecule has 2 aromatic rings. The molecule has 1 aliphatic heterocycles. The number of halogens is 1. The second kappa shape index (κ2) is 8.04. The van der Waals surface area contributed by atoms with E-state index >= 15 is 0 Å². The maximum atomic E-state index is 13.5. The predicted molar refractivity (Wildman–Crippen MR) is 116 cm³/mol. The number of benzene rings is 2. The van der Waals surface area contributed by atoms with Crippen LogP contribution in [0.15, 0.2) is 78.4 Å². The summed E-state index contributed by atoms with van der Waals surface area (Å²) in [6.45, 7) is 4.31. The number of hydrogen-bond donors (Lipinski definition) is 1. The van der Waals surface area contributed by atoms with Gasteiger partial charge in [0.05, 0.1) is 12.5 Å². The molecule has 0 radical (unpaired) electrons. The van der Waals surface area contributed by atoms with Crippen LogP contribution in [0.3, 0.4) is 0 Å². The molecule has 154 valence electrons. The van der Waals surface area contributed by atoms with Gasteiger partial charge in [-0.3, -0.25) is 4.79 Å². The Bertz CT molecular complexity index is 1030. The normalized spacial score (nSPS) is 23.6. The number of cyclic esters (lactones) is 1. The molecular weight excluding hydrogens is 379 g/mol. The lowest BCUT2D eigenvalue weighted by atomic mass is 9.77. The third-order valence-corrected chi connectivity index (χ3v) is 5.83. The minimum Gasteiger partial charge on any atom is -0.458 e. The first-order chi connectivity index (χ1) is 14.3. The molecule has 1 aliphatic carbocycles. The molecule has 4 heteroatoms. The molecule has 0 amide bonds. The Morgan fingerprint density at radius 3 is 2.43 bits per heavy atom. The molecule has 2 aliphatic rings. The Kier molecular flexibility index (Phi) is 5.44. The highest BCUT2D eigenvalue weighted by Gasteiger charge is 2.35. The number of rotatable bonds is 4. The first-order valence-electron chi connectivity index (χ1n) is 10.2. The van der Waals surface area contributed by atoms with E-state index in [1.807, 2.05) is 30.4 Å². The monoisotopic (exact) mass is 404 g/mol. The summed E-state index contributed by atoms with van der Waals surface area (Å²) in [7, 11) is 0. The van der Waals surface area contributed by atoms with Gasteiger partial charge in [0.1, 0.15) is 11.9 Å². The summed E-state index contributed by atoms with van der Waals surface area (Å²) in [5.74, 6) is -0.658. The second-order valence-electron chi connectivity index (χ2n) is 8.36. The SMILES string of the molecule is CC1(C)C(c2ccccc2)=CC(c2ccc(F)cc2)=C1C=C[C@H]1C[C@H](O)CC(=O)O1. The fourth-order valence-corrected chi connectivity index (χ4v) is 4.24. The predicted octanol–water partition coefficient (Wildman–Crippen LogP) is 5.33. The molecule has 2 aromatic carbocycles. The Hall–Kier alpha value is -2.98. The van der Waals surface area contributed by atoms with E-state index in [0.717, 1.165) is 22.3 Å². The number of allylic oxidation sites excluding steroid dienone is 5. The maximum Gasteiger partial charge on any atom is 0.309 e. The number of carbonyl (C=O) groups excluding carboxylic acids is 1. The lowest BCUT2D eigenvalue weighted by molar-refractivity contribution is -0.156. The van der Waals surface area contributed by atoms with Crippen LogP contribution >= 0.6 is 0 Å². The van der Waals surface area contributed by atoms with Crippen molar-refractivity contribution in [2.45, 2.75) is 38.9 Å². The number of ether oxygens (including phenoxy) is 1. The van der Waals surface area contributed by atoms with Gasteiger partial charge in [-0.15, -0.1) is 0 Å². The highest BCUT2D eigenvalue weighted by molar-refractivity contribution is 5.96. The van der Waals surface area contributed by atoms with Crippen molar-refractivity contribution >= 4 is 17.1 Å². The first kappa shape index (κ1) is 20.3. The van der Waals surface area contributed by atoms with Crippen LogP contribution in [0.2, 0.25) is 0 Å². The lowest BCUT2D eigenvalue weighted by Crippen LogP contribution is -2.31. The van der Waals surface area contributed by atoms with Crippen molar-refractivity contribution in [3.05, 3.63) is 95.3 Å². The third kappa shape index (κ3) is 4.01. The summed E-state index contributed by atoms with van der Waals surface area (Å²) >= 11 is 0. The van der Waals surface area contributed by atoms with Crippen molar-refractivity contribution in [3.63, 3.8) is 0 Å². The van der Waals surface area contributed by atoms with Crippen LogP contribution in [0.25, 0.3) is 11.1 Å². The van der Waals surface area contributed by atoms with Gasteiger partial charge < -0.3 is 9.84 Å². The average molecular weight is 404 g/mol. The smallest absolute Gasteiger partial charge is 0.309 e. The number of esters is 1. The number of hydrogen-bond acceptors (Lipinski definition) is 3. The van der Waals surface area contributed by atoms with Gasteiger partial charge in [-0.1, -0.05) is 62.4 Å². The fraction of sp³-hybridized carbons (Fsp3) is 0.269. The van der Waals surface area contributed by atoms with Crippen LogP contribution in [0, 0.1) is 11.2 Å². The summed E-state index contributed by atoms with van der Waals surface area (Å²) < 4.78 is 18.9. The average Bonchev–Trinajstić information content (AvgIpc) is 2.97. The topological polar surface area (TPSA) is 46.5 Å². The first-order valence-corrected chi connectivity index (χ1v) is 10.2.